The number of amides is 1. The van der Waals surface area contributed by atoms with E-state index in [1.54, 1.807) is 36.4 Å². The number of benzene rings is 2. The monoisotopic (exact) mass is 321 g/mol. The van der Waals surface area contributed by atoms with Crippen LogP contribution in [0.5, 0.6) is 0 Å². The first kappa shape index (κ1) is 15.5. The lowest BCUT2D eigenvalue weighted by Gasteiger charge is -2.03. The first-order chi connectivity index (χ1) is 11.5. The fraction of sp³-hybridized carbons (Fsp3) is 0.0556. The summed E-state index contributed by atoms with van der Waals surface area (Å²) < 4.78 is 5.19. The number of rotatable bonds is 3. The maximum atomic E-state index is 12.0. The Balaban J connectivity index is 1.85. The molecule has 3 N–H and O–H groups in total. The molecule has 0 saturated heterocycles. The third-order valence-electron chi connectivity index (χ3n) is 3.51. The molecule has 0 radical (unpaired) electrons. The van der Waals surface area contributed by atoms with Gasteiger partial charge in [-0.15, -0.1) is 0 Å². The van der Waals surface area contributed by atoms with E-state index in [0.29, 0.717) is 11.1 Å². The zero-order valence-corrected chi connectivity index (χ0v) is 12.9. The van der Waals surface area contributed by atoms with Gasteiger partial charge in [-0.25, -0.2) is 10.2 Å². The molecule has 2 aromatic carbocycles. The highest BCUT2D eigenvalue weighted by Gasteiger charge is 2.10. The van der Waals surface area contributed by atoms with Crippen LogP contribution in [0.25, 0.3) is 11.0 Å². The maximum Gasteiger partial charge on any atom is 0.347 e. The van der Waals surface area contributed by atoms with Crippen molar-refractivity contribution in [2.45, 2.75) is 6.92 Å². The molecule has 1 amide bonds. The molecule has 0 aliphatic rings. The zero-order valence-electron chi connectivity index (χ0n) is 12.9. The zero-order chi connectivity index (χ0) is 17.1. The Morgan fingerprint density at radius 3 is 2.58 bits per heavy atom. The van der Waals surface area contributed by atoms with Gasteiger partial charge in [-0.2, -0.15) is 5.10 Å². The van der Waals surface area contributed by atoms with Gasteiger partial charge in [0.15, 0.2) is 5.84 Å². The largest absolute Gasteiger partial charge is 0.422 e. The molecule has 0 bridgehead atoms. The molecule has 0 unspecified atom stereocenters. The summed E-state index contributed by atoms with van der Waals surface area (Å²) in [5.41, 5.74) is 9.58. The number of nitrogens with zero attached hydrogens (tertiary/aromatic N) is 1. The third-order valence-corrected chi connectivity index (χ3v) is 3.51. The molecule has 6 heteroatoms. The minimum Gasteiger partial charge on any atom is -0.422 e. The van der Waals surface area contributed by atoms with Crippen molar-refractivity contribution in [3.05, 3.63) is 81.7 Å². The summed E-state index contributed by atoms with van der Waals surface area (Å²) in [4.78, 5) is 24.0. The van der Waals surface area contributed by atoms with Crippen LogP contribution >= 0.6 is 0 Å². The number of aryl methyl sites for hydroxylation is 1. The van der Waals surface area contributed by atoms with Crippen molar-refractivity contribution in [3.8, 4) is 0 Å². The van der Waals surface area contributed by atoms with Crippen LogP contribution in [-0.2, 0) is 0 Å². The van der Waals surface area contributed by atoms with Gasteiger partial charge in [-0.05, 0) is 31.2 Å². The number of amidine groups is 1. The number of para-hydroxylation sites is 1. The normalized spacial score (nSPS) is 11.5. The van der Waals surface area contributed by atoms with Crippen molar-refractivity contribution in [2.75, 3.05) is 0 Å². The molecule has 0 atom stereocenters. The van der Waals surface area contributed by atoms with Gasteiger partial charge in [-0.3, -0.25) is 4.79 Å². The summed E-state index contributed by atoms with van der Waals surface area (Å²) in [7, 11) is 0. The van der Waals surface area contributed by atoms with Gasteiger partial charge < -0.3 is 10.2 Å². The molecular weight excluding hydrogens is 306 g/mol. The van der Waals surface area contributed by atoms with Gasteiger partial charge in [-0.1, -0.05) is 35.9 Å². The summed E-state index contributed by atoms with van der Waals surface area (Å²) in [5.74, 6) is -0.530. The van der Waals surface area contributed by atoms with E-state index >= 15 is 0 Å². The van der Waals surface area contributed by atoms with Crippen LogP contribution in [0.4, 0.5) is 0 Å². The van der Waals surface area contributed by atoms with E-state index < -0.39 is 11.5 Å². The van der Waals surface area contributed by atoms with Crippen molar-refractivity contribution in [3.63, 3.8) is 0 Å². The molecule has 6 nitrogen and oxygen atoms in total. The van der Waals surface area contributed by atoms with E-state index in [1.165, 1.54) is 0 Å². The molecule has 0 spiro atoms. The first-order valence-electron chi connectivity index (χ1n) is 7.28. The van der Waals surface area contributed by atoms with Crippen LogP contribution in [-0.4, -0.2) is 11.7 Å². The van der Waals surface area contributed by atoms with Gasteiger partial charge in [0.1, 0.15) is 11.1 Å². The van der Waals surface area contributed by atoms with Crippen LogP contribution in [0.2, 0.25) is 0 Å². The average molecular weight is 321 g/mol. The number of fused-ring (bicyclic) bond motifs is 1. The van der Waals surface area contributed by atoms with Crippen molar-refractivity contribution < 1.29 is 9.21 Å². The Bertz CT molecular complexity index is 988. The third kappa shape index (κ3) is 3.17. The first-order valence-corrected chi connectivity index (χ1v) is 7.28. The minimum atomic E-state index is -0.612. The number of nitrogens with one attached hydrogen (secondary N) is 1. The van der Waals surface area contributed by atoms with Crippen LogP contribution in [0.1, 0.15) is 21.5 Å². The highest BCUT2D eigenvalue weighted by molar-refractivity contribution is 6.01. The van der Waals surface area contributed by atoms with E-state index in [1.807, 2.05) is 25.1 Å². The maximum absolute atomic E-state index is 12.0. The Labute approximate surface area is 137 Å². The number of hydrogen-bond donors (Lipinski definition) is 2. The summed E-state index contributed by atoms with van der Waals surface area (Å²) >= 11 is 0. The summed E-state index contributed by atoms with van der Waals surface area (Å²) in [6, 6.07) is 15.6. The molecule has 0 saturated carbocycles. The molecule has 120 valence electrons. The summed E-state index contributed by atoms with van der Waals surface area (Å²) in [6.07, 6.45) is 0. The van der Waals surface area contributed by atoms with E-state index in [2.05, 4.69) is 10.5 Å². The molecule has 1 heterocycles. The predicted octanol–water partition coefficient (Wildman–Crippen LogP) is 2.15. The second kappa shape index (κ2) is 6.37. The van der Waals surface area contributed by atoms with Crippen molar-refractivity contribution in [2.24, 2.45) is 10.8 Å². The smallest absolute Gasteiger partial charge is 0.347 e. The molecule has 24 heavy (non-hydrogen) atoms. The van der Waals surface area contributed by atoms with Gasteiger partial charge in [0.05, 0.1) is 0 Å². The second-order valence-electron chi connectivity index (χ2n) is 5.29. The lowest BCUT2D eigenvalue weighted by atomic mass is 10.1. The summed E-state index contributed by atoms with van der Waals surface area (Å²) in [6.45, 7) is 1.93. The van der Waals surface area contributed by atoms with Crippen molar-refractivity contribution in [1.29, 1.82) is 0 Å². The Hall–Kier alpha value is -3.41. The number of hydrazone groups is 1. The van der Waals surface area contributed by atoms with Gasteiger partial charge >= 0.3 is 5.63 Å². The Morgan fingerprint density at radius 1 is 1.12 bits per heavy atom. The van der Waals surface area contributed by atoms with E-state index in [4.69, 9.17) is 10.2 Å². The number of carbonyl (C=O) groups is 1. The molecule has 3 rings (SSSR count). The highest BCUT2D eigenvalue weighted by atomic mass is 16.4. The van der Waals surface area contributed by atoms with Crippen LogP contribution in [0.15, 0.2) is 68.9 Å². The van der Waals surface area contributed by atoms with Crippen LogP contribution < -0.4 is 16.8 Å². The standard InChI is InChI=1S/C18H15N3O3/c1-11-6-8-12(9-7-11)17(22)21-20-16(19)14-10-13-4-2-3-5-15(13)24-18(14)23/h2-10H,1H3,(H2,19,20)(H,21,22). The average Bonchev–Trinajstić information content (AvgIpc) is 2.59. The van der Waals surface area contributed by atoms with E-state index in [0.717, 1.165) is 10.9 Å². The fourth-order valence-corrected chi connectivity index (χ4v) is 2.18. The van der Waals surface area contributed by atoms with Gasteiger partial charge in [0.2, 0.25) is 0 Å². The quantitative estimate of drug-likeness (QED) is 0.334. The summed E-state index contributed by atoms with van der Waals surface area (Å²) in [5, 5.41) is 4.51. The van der Waals surface area contributed by atoms with E-state index in [9.17, 15) is 9.59 Å². The number of hydrogen-bond acceptors (Lipinski definition) is 4. The molecule has 0 aliphatic heterocycles. The minimum absolute atomic E-state index is 0.0953. The molecule has 3 aromatic rings. The van der Waals surface area contributed by atoms with Crippen molar-refractivity contribution in [1.82, 2.24) is 5.43 Å². The molecule has 1 aromatic heterocycles. The SMILES string of the molecule is Cc1ccc(C(=O)N/N=C(\N)c2cc3ccccc3oc2=O)cc1. The van der Waals surface area contributed by atoms with Crippen LogP contribution in [0.3, 0.4) is 0 Å². The molecular formula is C18H15N3O3. The number of carbonyl (C=O) groups excluding carboxylic acids is 1. The molecule has 0 aliphatic carbocycles. The van der Waals surface area contributed by atoms with Crippen LogP contribution in [0, 0.1) is 6.92 Å². The number of nitrogens with two attached hydrogens (primary N) is 1. The second-order valence-corrected chi connectivity index (χ2v) is 5.29. The van der Waals surface area contributed by atoms with Crippen molar-refractivity contribution >= 4 is 22.7 Å². The van der Waals surface area contributed by atoms with Gasteiger partial charge in [0, 0.05) is 10.9 Å². The Kier molecular flexibility index (Phi) is 4.11. The topological polar surface area (TPSA) is 97.7 Å². The fourth-order valence-electron chi connectivity index (χ4n) is 2.18. The highest BCUT2D eigenvalue weighted by Crippen LogP contribution is 2.12. The van der Waals surface area contributed by atoms with E-state index in [-0.39, 0.29) is 11.4 Å². The lowest BCUT2D eigenvalue weighted by Crippen LogP contribution is -2.27. The Morgan fingerprint density at radius 2 is 1.83 bits per heavy atom. The van der Waals surface area contributed by atoms with Gasteiger partial charge in [0.25, 0.3) is 5.91 Å². The lowest BCUT2D eigenvalue weighted by molar-refractivity contribution is 0.0955. The predicted molar refractivity (Wildman–Crippen MR) is 91.9 cm³/mol. The molecule has 0 fully saturated rings.